The van der Waals surface area contributed by atoms with Gasteiger partial charge in [-0.2, -0.15) is 0 Å². The lowest BCUT2D eigenvalue weighted by molar-refractivity contribution is 0.303. The molecule has 0 saturated carbocycles. The van der Waals surface area contributed by atoms with Crippen LogP contribution in [0.1, 0.15) is 11.8 Å². The average Bonchev–Trinajstić information content (AvgIpc) is 2.51. The van der Waals surface area contributed by atoms with Gasteiger partial charge in [0.2, 0.25) is 0 Å². The first kappa shape index (κ1) is 12.0. The van der Waals surface area contributed by atoms with E-state index < -0.39 is 0 Å². The minimum absolute atomic E-state index is 0.561. The van der Waals surface area contributed by atoms with Gasteiger partial charge in [-0.25, -0.2) is 0 Å². The molecule has 4 heteroatoms. The Morgan fingerprint density at radius 2 is 2.29 bits per heavy atom. The number of hydrogen-bond acceptors (Lipinski definition) is 3. The molecule has 80 valence electrons. The highest BCUT2D eigenvalue weighted by Crippen LogP contribution is 2.18. The number of likely N-dealkylation sites (N-methyl/N-ethyl adjacent to an activating group) is 1. The van der Waals surface area contributed by atoms with E-state index in [1.165, 1.54) is 4.88 Å². The van der Waals surface area contributed by atoms with Crippen molar-refractivity contribution >= 4 is 22.9 Å². The summed E-state index contributed by atoms with van der Waals surface area (Å²) in [5.41, 5.74) is 0. The van der Waals surface area contributed by atoms with E-state index in [0.29, 0.717) is 6.04 Å². The van der Waals surface area contributed by atoms with Gasteiger partial charge in [-0.15, -0.1) is 11.3 Å². The molecule has 1 unspecified atom stereocenters. The quantitative estimate of drug-likeness (QED) is 0.839. The molecule has 0 aliphatic heterocycles. The van der Waals surface area contributed by atoms with E-state index in [1.54, 1.807) is 11.3 Å². The standard InChI is InChI=1S/C10H17ClN2S/c1-8(13(2)3)5-12-6-10-4-9(11)7-14-10/h4,7-8,12H,5-6H2,1-3H3. The first-order valence-corrected chi connectivity index (χ1v) is 5.95. The number of thiophene rings is 1. The van der Waals surface area contributed by atoms with Crippen molar-refractivity contribution in [1.82, 2.24) is 10.2 Å². The fraction of sp³-hybridized carbons (Fsp3) is 0.600. The van der Waals surface area contributed by atoms with Gasteiger partial charge in [0.05, 0.1) is 5.02 Å². The van der Waals surface area contributed by atoms with Gasteiger partial charge in [0, 0.05) is 29.4 Å². The normalized spacial score (nSPS) is 13.5. The maximum atomic E-state index is 5.83. The van der Waals surface area contributed by atoms with Crippen LogP contribution < -0.4 is 5.32 Å². The molecule has 2 nitrogen and oxygen atoms in total. The lowest BCUT2D eigenvalue weighted by Crippen LogP contribution is -2.34. The summed E-state index contributed by atoms with van der Waals surface area (Å²) >= 11 is 7.53. The van der Waals surface area contributed by atoms with Gasteiger partial charge in [0.15, 0.2) is 0 Å². The van der Waals surface area contributed by atoms with Crippen molar-refractivity contribution in [3.05, 3.63) is 21.3 Å². The van der Waals surface area contributed by atoms with E-state index in [9.17, 15) is 0 Å². The van der Waals surface area contributed by atoms with E-state index in [0.717, 1.165) is 18.1 Å². The van der Waals surface area contributed by atoms with Gasteiger partial charge in [-0.1, -0.05) is 11.6 Å². The number of halogens is 1. The van der Waals surface area contributed by atoms with Crippen molar-refractivity contribution in [1.29, 1.82) is 0 Å². The number of nitrogens with zero attached hydrogens (tertiary/aromatic N) is 1. The van der Waals surface area contributed by atoms with Crippen molar-refractivity contribution in [3.63, 3.8) is 0 Å². The van der Waals surface area contributed by atoms with Crippen molar-refractivity contribution in [2.45, 2.75) is 19.5 Å². The van der Waals surface area contributed by atoms with Crippen LogP contribution in [0.5, 0.6) is 0 Å². The third-order valence-corrected chi connectivity index (χ3v) is 3.53. The summed E-state index contributed by atoms with van der Waals surface area (Å²) in [6.45, 7) is 4.12. The largest absolute Gasteiger partial charge is 0.310 e. The zero-order chi connectivity index (χ0) is 10.6. The lowest BCUT2D eigenvalue weighted by atomic mass is 10.3. The van der Waals surface area contributed by atoms with E-state index in [2.05, 4.69) is 31.2 Å². The second kappa shape index (κ2) is 5.71. The summed E-state index contributed by atoms with van der Waals surface area (Å²) in [5.74, 6) is 0. The second-order valence-electron chi connectivity index (χ2n) is 3.67. The van der Waals surface area contributed by atoms with E-state index in [1.807, 2.05) is 11.4 Å². The Kier molecular flexibility index (Phi) is 4.89. The highest BCUT2D eigenvalue weighted by molar-refractivity contribution is 7.10. The van der Waals surface area contributed by atoms with Crippen LogP contribution in [0.4, 0.5) is 0 Å². The summed E-state index contributed by atoms with van der Waals surface area (Å²) < 4.78 is 0. The third kappa shape index (κ3) is 3.96. The van der Waals surface area contributed by atoms with Crippen LogP contribution in [-0.2, 0) is 6.54 Å². The Hall–Kier alpha value is -0.0900. The van der Waals surface area contributed by atoms with Crippen molar-refractivity contribution < 1.29 is 0 Å². The molecule has 1 aromatic rings. The van der Waals surface area contributed by atoms with Gasteiger partial charge in [0.1, 0.15) is 0 Å². The van der Waals surface area contributed by atoms with Crippen molar-refractivity contribution in [2.24, 2.45) is 0 Å². The molecule has 14 heavy (non-hydrogen) atoms. The minimum Gasteiger partial charge on any atom is -0.310 e. The predicted octanol–water partition coefficient (Wildman–Crippen LogP) is 2.44. The van der Waals surface area contributed by atoms with E-state index >= 15 is 0 Å². The molecule has 1 heterocycles. The molecule has 0 bridgehead atoms. The summed E-state index contributed by atoms with van der Waals surface area (Å²) in [4.78, 5) is 3.50. The number of rotatable bonds is 5. The van der Waals surface area contributed by atoms with Gasteiger partial charge in [-0.3, -0.25) is 0 Å². The van der Waals surface area contributed by atoms with E-state index in [-0.39, 0.29) is 0 Å². The molecular formula is C10H17ClN2S. The first-order chi connectivity index (χ1) is 6.59. The molecule has 0 aromatic carbocycles. The zero-order valence-corrected chi connectivity index (χ0v) is 10.5. The third-order valence-electron chi connectivity index (χ3n) is 2.24. The van der Waals surface area contributed by atoms with Crippen LogP contribution in [0.3, 0.4) is 0 Å². The van der Waals surface area contributed by atoms with Crippen LogP contribution in [-0.4, -0.2) is 31.6 Å². The first-order valence-electron chi connectivity index (χ1n) is 4.69. The Morgan fingerprint density at radius 1 is 1.57 bits per heavy atom. The second-order valence-corrected chi connectivity index (χ2v) is 5.11. The molecule has 0 saturated heterocycles. The number of nitrogens with one attached hydrogen (secondary N) is 1. The minimum atomic E-state index is 0.561. The fourth-order valence-electron chi connectivity index (χ4n) is 1.03. The summed E-state index contributed by atoms with van der Waals surface area (Å²) in [6, 6.07) is 2.57. The average molecular weight is 233 g/mol. The highest BCUT2D eigenvalue weighted by atomic mass is 35.5. The Bertz CT molecular complexity index is 273. The molecule has 0 spiro atoms. The number of hydrogen-bond donors (Lipinski definition) is 1. The molecule has 1 aromatic heterocycles. The van der Waals surface area contributed by atoms with Gasteiger partial charge < -0.3 is 10.2 Å². The van der Waals surface area contributed by atoms with Crippen LogP contribution in [0.25, 0.3) is 0 Å². The fourth-order valence-corrected chi connectivity index (χ4v) is 2.08. The van der Waals surface area contributed by atoms with Gasteiger partial charge >= 0.3 is 0 Å². The summed E-state index contributed by atoms with van der Waals surface area (Å²) in [7, 11) is 4.18. The van der Waals surface area contributed by atoms with Crippen LogP contribution in [0.2, 0.25) is 5.02 Å². The Morgan fingerprint density at radius 3 is 2.79 bits per heavy atom. The molecule has 0 aliphatic rings. The van der Waals surface area contributed by atoms with Gasteiger partial charge in [0.25, 0.3) is 0 Å². The maximum Gasteiger partial charge on any atom is 0.0516 e. The Balaban J connectivity index is 2.22. The maximum absolute atomic E-state index is 5.83. The molecule has 1 atom stereocenters. The van der Waals surface area contributed by atoms with Crippen molar-refractivity contribution in [3.8, 4) is 0 Å². The molecule has 1 rings (SSSR count). The van der Waals surface area contributed by atoms with E-state index in [4.69, 9.17) is 11.6 Å². The lowest BCUT2D eigenvalue weighted by Gasteiger charge is -2.19. The van der Waals surface area contributed by atoms with Crippen molar-refractivity contribution in [2.75, 3.05) is 20.6 Å². The van der Waals surface area contributed by atoms with Crippen LogP contribution >= 0.6 is 22.9 Å². The molecule has 0 radical (unpaired) electrons. The highest BCUT2D eigenvalue weighted by Gasteiger charge is 2.03. The smallest absolute Gasteiger partial charge is 0.0516 e. The molecule has 0 aliphatic carbocycles. The van der Waals surface area contributed by atoms with Crippen LogP contribution in [0, 0.1) is 0 Å². The molecule has 1 N–H and O–H groups in total. The van der Waals surface area contributed by atoms with Crippen LogP contribution in [0.15, 0.2) is 11.4 Å². The van der Waals surface area contributed by atoms with Gasteiger partial charge in [-0.05, 0) is 27.1 Å². The topological polar surface area (TPSA) is 15.3 Å². The Labute approximate surface area is 94.9 Å². The monoisotopic (exact) mass is 232 g/mol. The predicted molar refractivity (Wildman–Crippen MR) is 64.2 cm³/mol. The molecule has 0 fully saturated rings. The molecule has 0 amide bonds. The molecular weight excluding hydrogens is 216 g/mol. The summed E-state index contributed by atoms with van der Waals surface area (Å²) in [6.07, 6.45) is 0. The SMILES string of the molecule is CC(CNCc1cc(Cl)cs1)N(C)C. The summed E-state index contributed by atoms with van der Waals surface area (Å²) in [5, 5.41) is 6.21. The zero-order valence-electron chi connectivity index (χ0n) is 8.88.